The van der Waals surface area contributed by atoms with Gasteiger partial charge in [-0.3, -0.25) is 9.69 Å². The molecule has 28 heavy (non-hydrogen) atoms. The number of aromatic nitrogens is 1. The Balaban J connectivity index is 0.00000280. The van der Waals surface area contributed by atoms with E-state index in [4.69, 9.17) is 23.2 Å². The van der Waals surface area contributed by atoms with Gasteiger partial charge in [-0.25, -0.2) is 4.98 Å². The van der Waals surface area contributed by atoms with E-state index in [1.807, 2.05) is 37.4 Å². The summed E-state index contributed by atoms with van der Waals surface area (Å²) in [5.74, 6) is -0.178. The summed E-state index contributed by atoms with van der Waals surface area (Å²) in [7, 11) is 3.95. The lowest BCUT2D eigenvalue weighted by Crippen LogP contribution is -2.36. The van der Waals surface area contributed by atoms with E-state index in [9.17, 15) is 4.79 Å². The molecule has 0 atom stereocenters. The van der Waals surface area contributed by atoms with E-state index < -0.39 is 0 Å². The number of carbonyl (C=O) groups is 1. The molecular formula is C19H20Cl3N3OS2. The van der Waals surface area contributed by atoms with Crippen LogP contribution < -0.4 is 4.90 Å². The summed E-state index contributed by atoms with van der Waals surface area (Å²) in [5, 5.41) is 1.51. The van der Waals surface area contributed by atoms with Crippen LogP contribution in [0.3, 0.4) is 0 Å². The number of fused-ring (bicyclic) bond motifs is 1. The van der Waals surface area contributed by atoms with Gasteiger partial charge >= 0.3 is 0 Å². The van der Waals surface area contributed by atoms with Gasteiger partial charge in [0.15, 0.2) is 5.13 Å². The maximum atomic E-state index is 13.2. The fourth-order valence-electron chi connectivity index (χ4n) is 2.53. The van der Waals surface area contributed by atoms with Crippen LogP contribution in [0.25, 0.3) is 10.2 Å². The van der Waals surface area contributed by atoms with Gasteiger partial charge in [-0.05, 0) is 56.7 Å². The van der Waals surface area contributed by atoms with Crippen LogP contribution in [0.5, 0.6) is 0 Å². The van der Waals surface area contributed by atoms with Gasteiger partial charge < -0.3 is 4.90 Å². The molecule has 150 valence electrons. The summed E-state index contributed by atoms with van der Waals surface area (Å²) in [6.45, 7) is 1.23. The first-order chi connectivity index (χ1) is 12.9. The van der Waals surface area contributed by atoms with E-state index in [0.29, 0.717) is 33.8 Å². The first kappa shape index (κ1) is 23.3. The highest BCUT2D eigenvalue weighted by molar-refractivity contribution is 7.98. The SMILES string of the molecule is CSc1ccc2nc(N(CCN(C)C)C(=O)c3ccc(Cl)cc3Cl)sc2c1.Cl. The molecule has 0 N–H and O–H groups in total. The quantitative estimate of drug-likeness (QED) is 0.412. The molecule has 2 aromatic carbocycles. The van der Waals surface area contributed by atoms with Crippen molar-refractivity contribution in [3.8, 4) is 0 Å². The first-order valence-corrected chi connectivity index (χ1v) is 11.0. The molecule has 0 aliphatic heterocycles. The highest BCUT2D eigenvalue weighted by Crippen LogP contribution is 2.33. The molecule has 9 heteroatoms. The molecule has 0 aliphatic carbocycles. The van der Waals surface area contributed by atoms with E-state index in [-0.39, 0.29) is 18.3 Å². The highest BCUT2D eigenvalue weighted by Gasteiger charge is 2.23. The second kappa shape index (κ2) is 10.1. The Morgan fingerprint density at radius 2 is 1.89 bits per heavy atom. The van der Waals surface area contributed by atoms with Crippen molar-refractivity contribution in [3.05, 3.63) is 52.0 Å². The number of benzene rings is 2. The van der Waals surface area contributed by atoms with Gasteiger partial charge in [0.05, 0.1) is 20.8 Å². The smallest absolute Gasteiger partial charge is 0.261 e. The number of halogens is 3. The van der Waals surface area contributed by atoms with Crippen LogP contribution in [-0.2, 0) is 0 Å². The first-order valence-electron chi connectivity index (χ1n) is 8.25. The standard InChI is InChI=1S/C19H19Cl2N3OS2.ClH/c1-23(2)8-9-24(18(25)14-6-4-12(20)10-15(14)21)19-22-16-7-5-13(26-3)11-17(16)27-19;/h4-7,10-11H,8-9H2,1-3H3;1H. The van der Waals surface area contributed by atoms with Crippen LogP contribution in [0.15, 0.2) is 41.3 Å². The number of carbonyl (C=O) groups excluding carboxylic acids is 1. The maximum Gasteiger partial charge on any atom is 0.261 e. The third kappa shape index (κ3) is 5.32. The molecule has 0 bridgehead atoms. The average molecular weight is 477 g/mol. The van der Waals surface area contributed by atoms with Crippen molar-refractivity contribution in [1.29, 1.82) is 0 Å². The van der Waals surface area contributed by atoms with E-state index >= 15 is 0 Å². The van der Waals surface area contributed by atoms with Crippen LogP contribution in [0.2, 0.25) is 10.0 Å². The number of hydrogen-bond donors (Lipinski definition) is 0. The second-order valence-electron chi connectivity index (χ2n) is 6.21. The van der Waals surface area contributed by atoms with Crippen molar-refractivity contribution in [2.24, 2.45) is 0 Å². The molecular weight excluding hydrogens is 457 g/mol. The zero-order valence-corrected chi connectivity index (χ0v) is 19.6. The zero-order chi connectivity index (χ0) is 19.6. The largest absolute Gasteiger partial charge is 0.308 e. The van der Waals surface area contributed by atoms with E-state index in [1.165, 1.54) is 16.2 Å². The van der Waals surface area contributed by atoms with Gasteiger partial charge in [0.25, 0.3) is 5.91 Å². The molecule has 0 aliphatic rings. The summed E-state index contributed by atoms with van der Waals surface area (Å²) in [6.07, 6.45) is 2.04. The number of anilines is 1. The minimum atomic E-state index is -0.178. The molecule has 3 rings (SSSR count). The van der Waals surface area contributed by atoms with Gasteiger partial charge in [0.1, 0.15) is 0 Å². The van der Waals surface area contributed by atoms with E-state index in [1.54, 1.807) is 34.9 Å². The number of thiazole rings is 1. The second-order valence-corrected chi connectivity index (χ2v) is 8.95. The summed E-state index contributed by atoms with van der Waals surface area (Å²) < 4.78 is 1.06. The summed E-state index contributed by atoms with van der Waals surface area (Å²) in [5.41, 5.74) is 1.31. The van der Waals surface area contributed by atoms with Crippen molar-refractivity contribution >= 4 is 80.0 Å². The fourth-order valence-corrected chi connectivity index (χ4v) is 4.56. The van der Waals surface area contributed by atoms with Gasteiger partial charge in [-0.2, -0.15) is 0 Å². The number of thioether (sulfide) groups is 1. The molecule has 0 saturated heterocycles. The third-order valence-corrected chi connectivity index (χ3v) is 6.31. The van der Waals surface area contributed by atoms with Crippen LogP contribution in [0.1, 0.15) is 10.4 Å². The van der Waals surface area contributed by atoms with E-state index in [2.05, 4.69) is 11.1 Å². The van der Waals surface area contributed by atoms with E-state index in [0.717, 1.165) is 10.2 Å². The summed E-state index contributed by atoms with van der Waals surface area (Å²) in [6, 6.07) is 11.1. The summed E-state index contributed by atoms with van der Waals surface area (Å²) in [4.78, 5) is 22.8. The van der Waals surface area contributed by atoms with Gasteiger partial charge in [0, 0.05) is 23.0 Å². The van der Waals surface area contributed by atoms with Gasteiger partial charge in [-0.1, -0.05) is 34.5 Å². The average Bonchev–Trinajstić information content (AvgIpc) is 3.04. The lowest BCUT2D eigenvalue weighted by molar-refractivity contribution is 0.0985. The van der Waals surface area contributed by atoms with Gasteiger partial charge in [-0.15, -0.1) is 24.2 Å². The molecule has 1 amide bonds. The molecule has 0 fully saturated rings. The monoisotopic (exact) mass is 475 g/mol. The predicted octanol–water partition coefficient (Wildman–Crippen LogP) is 5.96. The zero-order valence-electron chi connectivity index (χ0n) is 15.6. The molecule has 1 aromatic heterocycles. The number of amides is 1. The predicted molar refractivity (Wildman–Crippen MR) is 125 cm³/mol. The Kier molecular flexibility index (Phi) is 8.43. The van der Waals surface area contributed by atoms with Crippen LogP contribution >= 0.6 is 58.7 Å². The van der Waals surface area contributed by atoms with Crippen molar-refractivity contribution in [2.75, 3.05) is 38.3 Å². The van der Waals surface area contributed by atoms with Crippen LogP contribution in [0.4, 0.5) is 5.13 Å². The number of nitrogens with zero attached hydrogens (tertiary/aromatic N) is 3. The normalized spacial score (nSPS) is 10.9. The third-order valence-electron chi connectivity index (χ3n) is 3.99. The molecule has 0 spiro atoms. The number of likely N-dealkylation sites (N-methyl/N-ethyl adjacent to an activating group) is 1. The molecule has 3 aromatic rings. The van der Waals surface area contributed by atoms with Crippen LogP contribution in [-0.4, -0.2) is 49.2 Å². The lowest BCUT2D eigenvalue weighted by Gasteiger charge is -2.22. The Morgan fingerprint density at radius 3 is 2.54 bits per heavy atom. The maximum absolute atomic E-state index is 13.2. The fraction of sp³-hybridized carbons (Fsp3) is 0.263. The molecule has 0 saturated carbocycles. The molecule has 0 radical (unpaired) electrons. The lowest BCUT2D eigenvalue weighted by atomic mass is 10.2. The Morgan fingerprint density at radius 1 is 1.14 bits per heavy atom. The highest BCUT2D eigenvalue weighted by atomic mass is 35.5. The minimum Gasteiger partial charge on any atom is -0.308 e. The Labute approximate surface area is 189 Å². The molecule has 4 nitrogen and oxygen atoms in total. The Bertz CT molecular complexity index is 978. The van der Waals surface area contributed by atoms with Gasteiger partial charge in [0.2, 0.25) is 0 Å². The Hall–Kier alpha value is -1.02. The van der Waals surface area contributed by atoms with Crippen molar-refractivity contribution in [3.63, 3.8) is 0 Å². The minimum absolute atomic E-state index is 0. The topological polar surface area (TPSA) is 36.4 Å². The molecule has 1 heterocycles. The van der Waals surface area contributed by atoms with Crippen molar-refractivity contribution in [1.82, 2.24) is 9.88 Å². The summed E-state index contributed by atoms with van der Waals surface area (Å²) >= 11 is 15.4. The van der Waals surface area contributed by atoms with Crippen molar-refractivity contribution < 1.29 is 4.79 Å². The molecule has 0 unspecified atom stereocenters. The number of rotatable bonds is 6. The van der Waals surface area contributed by atoms with Crippen LogP contribution in [0, 0.1) is 0 Å². The van der Waals surface area contributed by atoms with Crippen molar-refractivity contribution in [2.45, 2.75) is 4.90 Å². The number of hydrogen-bond acceptors (Lipinski definition) is 5.